The highest BCUT2D eigenvalue weighted by Crippen LogP contribution is 2.39. The van der Waals surface area contributed by atoms with Crippen LogP contribution in [0, 0.1) is 0 Å². The number of rotatable bonds is 18. The molecule has 4 aromatic rings. The number of ether oxygens (including phenoxy) is 2. The molecule has 0 saturated heterocycles. The standard InChI is InChI=1S/C33H43N6O6PS/c1-23(2)44-32(41)27(19-25-11-7-5-8-12-25)37-46(43,38-28(33(42)45-24(3)4)20-26-13-9-6-10-14-26)16-18-47-17-15-39-22-36-29-30(39)34-21-35-31(29)40/h5-14,21-24,27-28H,15-20H2,1-4H3,(H,34,35,40)(H2,37,38,43)/t27-,28-/m0/s1. The summed E-state index contributed by atoms with van der Waals surface area (Å²) in [5, 5.41) is 6.26. The maximum atomic E-state index is 14.9. The monoisotopic (exact) mass is 682 g/mol. The van der Waals surface area contributed by atoms with E-state index in [0.717, 1.165) is 11.1 Å². The normalized spacial score (nSPS) is 13.1. The number of carbonyl (C=O) groups excluding carboxylic acids is 2. The summed E-state index contributed by atoms with van der Waals surface area (Å²) in [6.07, 6.45) is 2.78. The molecule has 0 saturated carbocycles. The largest absolute Gasteiger partial charge is 0.462 e. The van der Waals surface area contributed by atoms with Gasteiger partial charge in [-0.05, 0) is 51.7 Å². The molecule has 2 aromatic heterocycles. The molecule has 47 heavy (non-hydrogen) atoms. The molecular formula is C33H43N6O6PS. The van der Waals surface area contributed by atoms with Gasteiger partial charge in [0.05, 0.1) is 24.9 Å². The van der Waals surface area contributed by atoms with Crippen molar-refractivity contribution in [2.24, 2.45) is 0 Å². The first kappa shape index (κ1) is 36.1. The number of carbonyl (C=O) groups is 2. The molecule has 3 N–H and O–H groups in total. The number of nitrogens with zero attached hydrogens (tertiary/aromatic N) is 3. The summed E-state index contributed by atoms with van der Waals surface area (Å²) in [4.78, 5) is 49.6. The summed E-state index contributed by atoms with van der Waals surface area (Å²) < 4.78 is 27.8. The summed E-state index contributed by atoms with van der Waals surface area (Å²) in [6, 6.07) is 17.0. The van der Waals surface area contributed by atoms with E-state index in [1.807, 2.05) is 60.7 Å². The SMILES string of the molecule is CC(C)OC(=O)[C@H](Cc1ccccc1)NP(=O)(CCSCCn1cnc2c(=O)[nH]cnc21)N[C@@H](Cc1ccccc1)C(=O)OC(C)C. The van der Waals surface area contributed by atoms with E-state index in [1.165, 1.54) is 6.33 Å². The van der Waals surface area contributed by atoms with E-state index in [-0.39, 0.29) is 42.3 Å². The van der Waals surface area contributed by atoms with Crippen molar-refractivity contribution >= 4 is 42.3 Å². The number of H-pyrrole nitrogens is 1. The maximum absolute atomic E-state index is 14.9. The molecule has 0 aliphatic carbocycles. The number of fused-ring (bicyclic) bond motifs is 1. The minimum atomic E-state index is -3.65. The lowest BCUT2D eigenvalue weighted by atomic mass is 10.1. The molecule has 0 bridgehead atoms. The van der Waals surface area contributed by atoms with Crippen molar-refractivity contribution in [1.29, 1.82) is 0 Å². The van der Waals surface area contributed by atoms with Gasteiger partial charge in [0.25, 0.3) is 5.56 Å². The molecule has 0 aliphatic heterocycles. The first-order valence-electron chi connectivity index (χ1n) is 15.6. The molecule has 2 heterocycles. The van der Waals surface area contributed by atoms with Gasteiger partial charge in [-0.15, -0.1) is 0 Å². The van der Waals surface area contributed by atoms with Crippen molar-refractivity contribution in [2.75, 3.05) is 17.7 Å². The van der Waals surface area contributed by atoms with Crippen LogP contribution < -0.4 is 15.7 Å². The molecule has 14 heteroatoms. The zero-order chi connectivity index (χ0) is 33.8. The molecule has 0 amide bonds. The average molecular weight is 683 g/mol. The second kappa shape index (κ2) is 17.4. The Morgan fingerprint density at radius 1 is 0.851 bits per heavy atom. The Balaban J connectivity index is 1.55. The van der Waals surface area contributed by atoms with Crippen LogP contribution in [0.2, 0.25) is 0 Å². The summed E-state index contributed by atoms with van der Waals surface area (Å²) in [5.41, 5.74) is 2.19. The molecule has 0 radical (unpaired) electrons. The molecular weight excluding hydrogens is 639 g/mol. The van der Waals surface area contributed by atoms with Crippen molar-refractivity contribution in [2.45, 2.75) is 71.4 Å². The number of imidazole rings is 1. The Morgan fingerprint density at radius 2 is 1.38 bits per heavy atom. The number of thioether (sulfide) groups is 1. The highest BCUT2D eigenvalue weighted by Gasteiger charge is 2.35. The number of esters is 2. The van der Waals surface area contributed by atoms with Crippen molar-refractivity contribution in [3.05, 3.63) is 94.8 Å². The Kier molecular flexibility index (Phi) is 13.4. The van der Waals surface area contributed by atoms with Gasteiger partial charge in [-0.2, -0.15) is 11.8 Å². The first-order valence-corrected chi connectivity index (χ1v) is 18.7. The van der Waals surface area contributed by atoms with Crippen LogP contribution in [-0.4, -0.2) is 73.4 Å². The molecule has 0 fully saturated rings. The van der Waals surface area contributed by atoms with E-state index >= 15 is 0 Å². The smallest absolute Gasteiger partial charge is 0.324 e. The van der Waals surface area contributed by atoms with Gasteiger partial charge < -0.3 is 19.0 Å². The van der Waals surface area contributed by atoms with Crippen LogP contribution in [0.1, 0.15) is 38.8 Å². The Labute approximate surface area is 278 Å². The number of aromatic amines is 1. The zero-order valence-corrected chi connectivity index (χ0v) is 28.8. The number of aryl methyl sites for hydroxylation is 1. The molecule has 0 unspecified atom stereocenters. The zero-order valence-electron chi connectivity index (χ0n) is 27.1. The van der Waals surface area contributed by atoms with E-state index in [4.69, 9.17) is 9.47 Å². The predicted molar refractivity (Wildman–Crippen MR) is 185 cm³/mol. The highest BCUT2D eigenvalue weighted by atomic mass is 32.2. The number of nitrogens with one attached hydrogen (secondary N) is 3. The lowest BCUT2D eigenvalue weighted by molar-refractivity contribution is -0.150. The highest BCUT2D eigenvalue weighted by molar-refractivity contribution is 7.99. The lowest BCUT2D eigenvalue weighted by Crippen LogP contribution is -2.47. The van der Waals surface area contributed by atoms with E-state index < -0.39 is 31.5 Å². The fourth-order valence-electron chi connectivity index (χ4n) is 4.88. The molecule has 0 aliphatic rings. The van der Waals surface area contributed by atoms with Gasteiger partial charge in [0.2, 0.25) is 7.44 Å². The summed E-state index contributed by atoms with van der Waals surface area (Å²) in [6.45, 7) is 7.58. The van der Waals surface area contributed by atoms with E-state index in [2.05, 4.69) is 25.1 Å². The number of hydrogen-bond acceptors (Lipinski definition) is 9. The van der Waals surface area contributed by atoms with Gasteiger partial charge in [0, 0.05) is 24.2 Å². The third-order valence-electron chi connectivity index (χ3n) is 7.00. The summed E-state index contributed by atoms with van der Waals surface area (Å²) in [5.74, 6) is -0.00676. The van der Waals surface area contributed by atoms with Crippen LogP contribution in [0.5, 0.6) is 0 Å². The summed E-state index contributed by atoms with van der Waals surface area (Å²) >= 11 is 1.54. The van der Waals surface area contributed by atoms with Gasteiger partial charge in [0.1, 0.15) is 12.1 Å². The Morgan fingerprint density at radius 3 is 1.89 bits per heavy atom. The first-order chi connectivity index (χ1) is 22.5. The topological polar surface area (TPSA) is 157 Å². The second-order valence-electron chi connectivity index (χ2n) is 11.6. The van der Waals surface area contributed by atoms with E-state index in [9.17, 15) is 18.9 Å². The van der Waals surface area contributed by atoms with Crippen LogP contribution in [-0.2, 0) is 43.0 Å². The van der Waals surface area contributed by atoms with E-state index in [0.29, 0.717) is 23.7 Å². The van der Waals surface area contributed by atoms with Crippen LogP contribution in [0.3, 0.4) is 0 Å². The van der Waals surface area contributed by atoms with Gasteiger partial charge in [0.15, 0.2) is 11.2 Å². The number of aromatic nitrogens is 4. The van der Waals surface area contributed by atoms with Crippen molar-refractivity contribution < 1.29 is 23.6 Å². The van der Waals surface area contributed by atoms with Crippen LogP contribution in [0.15, 0.2) is 78.1 Å². The quantitative estimate of drug-likeness (QED) is 0.0779. The van der Waals surface area contributed by atoms with Crippen LogP contribution >= 0.6 is 19.2 Å². The number of benzene rings is 2. The van der Waals surface area contributed by atoms with Crippen LogP contribution in [0.25, 0.3) is 11.2 Å². The average Bonchev–Trinajstić information content (AvgIpc) is 3.45. The van der Waals surface area contributed by atoms with Gasteiger partial charge in [-0.1, -0.05) is 60.7 Å². The lowest BCUT2D eigenvalue weighted by Gasteiger charge is -2.30. The minimum Gasteiger partial charge on any atom is -0.462 e. The molecule has 2 atom stereocenters. The Hall–Kier alpha value is -3.77. The van der Waals surface area contributed by atoms with Crippen molar-refractivity contribution in [3.8, 4) is 0 Å². The maximum Gasteiger partial charge on any atom is 0.324 e. The number of hydrogen-bond donors (Lipinski definition) is 3. The van der Waals surface area contributed by atoms with Crippen molar-refractivity contribution in [1.82, 2.24) is 29.7 Å². The minimum absolute atomic E-state index is 0.126. The molecule has 252 valence electrons. The van der Waals surface area contributed by atoms with Crippen molar-refractivity contribution in [3.63, 3.8) is 0 Å². The second-order valence-corrected chi connectivity index (χ2v) is 15.3. The van der Waals surface area contributed by atoms with Gasteiger partial charge in [-0.25, -0.2) is 20.1 Å². The third-order valence-corrected chi connectivity index (χ3v) is 10.6. The summed E-state index contributed by atoms with van der Waals surface area (Å²) in [7, 11) is -3.65. The molecule has 4 rings (SSSR count). The van der Waals surface area contributed by atoms with Gasteiger partial charge in [-0.3, -0.25) is 18.9 Å². The fraction of sp³-hybridized carbons (Fsp3) is 0.424. The fourth-order valence-corrected chi connectivity index (χ4v) is 8.68. The molecule has 2 aromatic carbocycles. The third kappa shape index (κ3) is 11.2. The van der Waals surface area contributed by atoms with E-state index in [1.54, 1.807) is 50.4 Å². The predicted octanol–water partition coefficient (Wildman–Crippen LogP) is 4.35. The van der Waals surface area contributed by atoms with Crippen LogP contribution in [0.4, 0.5) is 0 Å². The molecule has 12 nitrogen and oxygen atoms in total. The van der Waals surface area contributed by atoms with Gasteiger partial charge >= 0.3 is 11.9 Å². The molecule has 0 spiro atoms. The Bertz CT molecular complexity index is 1620.